The van der Waals surface area contributed by atoms with Crippen LogP contribution in [0.25, 0.3) is 0 Å². The molecule has 0 radical (unpaired) electrons. The van der Waals surface area contributed by atoms with E-state index in [1.807, 2.05) is 24.3 Å². The maximum Gasteiger partial charge on any atom is 0.416 e. The number of carbonyl (C=O) groups is 1. The summed E-state index contributed by atoms with van der Waals surface area (Å²) in [6.07, 6.45) is 1.85. The Hall–Kier alpha value is -1.80. The quantitative estimate of drug-likeness (QED) is 0.505. The molecular weight excluding hydrogens is 486 g/mol. The number of piperidine rings is 1. The van der Waals surface area contributed by atoms with Crippen molar-refractivity contribution in [3.63, 3.8) is 0 Å². The Morgan fingerprint density at radius 1 is 0.941 bits per heavy atom. The molecule has 2 unspecified atom stereocenters. The largest absolute Gasteiger partial charge is 0.416 e. The second kappa shape index (κ2) is 10.9. The van der Waals surface area contributed by atoms with Crippen LogP contribution in [-0.4, -0.2) is 42.0 Å². The second-order valence-electron chi connectivity index (χ2n) is 9.31. The van der Waals surface area contributed by atoms with Gasteiger partial charge in [0.1, 0.15) is 0 Å². The highest BCUT2D eigenvalue weighted by atomic mass is 35.5. The third-order valence-corrected chi connectivity index (χ3v) is 6.88. The topological polar surface area (TPSA) is 44.4 Å². The van der Waals surface area contributed by atoms with Crippen LogP contribution in [0.15, 0.2) is 48.5 Å². The molecule has 2 aliphatic carbocycles. The highest BCUT2D eigenvalue weighted by Crippen LogP contribution is 2.42. The zero-order valence-electron chi connectivity index (χ0n) is 18.7. The van der Waals surface area contributed by atoms with E-state index in [0.29, 0.717) is 23.7 Å². The van der Waals surface area contributed by atoms with Gasteiger partial charge in [0, 0.05) is 35.3 Å². The highest BCUT2D eigenvalue weighted by Gasteiger charge is 2.40. The van der Waals surface area contributed by atoms with Gasteiger partial charge in [-0.3, -0.25) is 4.79 Å². The van der Waals surface area contributed by atoms with Gasteiger partial charge in [-0.1, -0.05) is 18.2 Å². The van der Waals surface area contributed by atoms with E-state index in [1.165, 1.54) is 56.5 Å². The first-order chi connectivity index (χ1) is 15.4. The van der Waals surface area contributed by atoms with E-state index in [0.717, 1.165) is 24.6 Å². The lowest BCUT2D eigenvalue weighted by atomic mass is 10.0. The van der Waals surface area contributed by atoms with Crippen molar-refractivity contribution in [2.24, 2.45) is 0 Å². The van der Waals surface area contributed by atoms with E-state index < -0.39 is 17.6 Å². The molecule has 1 saturated heterocycles. The Morgan fingerprint density at radius 3 is 2.24 bits per heavy atom. The Kier molecular flexibility index (Phi) is 8.56. The predicted molar refractivity (Wildman–Crippen MR) is 132 cm³/mol. The van der Waals surface area contributed by atoms with E-state index in [1.54, 1.807) is 0 Å². The van der Waals surface area contributed by atoms with Gasteiger partial charge in [-0.2, -0.15) is 13.2 Å². The number of nitrogens with one attached hydrogen (secondary N) is 2. The fourth-order valence-electron chi connectivity index (χ4n) is 4.77. The summed E-state index contributed by atoms with van der Waals surface area (Å²) in [7, 11) is 0. The van der Waals surface area contributed by atoms with Crippen LogP contribution in [0.1, 0.15) is 59.5 Å². The lowest BCUT2D eigenvalue weighted by Gasteiger charge is -2.32. The smallest absolute Gasteiger partial charge is 0.322 e. The minimum Gasteiger partial charge on any atom is -0.322 e. The number of halogens is 5. The number of benzene rings is 2. The van der Waals surface area contributed by atoms with E-state index in [9.17, 15) is 18.0 Å². The number of amides is 1. The molecule has 2 aromatic carbocycles. The third-order valence-electron chi connectivity index (χ3n) is 6.88. The predicted octanol–water partition coefficient (Wildman–Crippen LogP) is 5.87. The van der Waals surface area contributed by atoms with Gasteiger partial charge in [0.05, 0.1) is 5.56 Å². The standard InChI is InChI=1S/C25H28F3N3O.2ClH/c26-25(27,28)18-3-1-2-17(14-18)24(32)30-19-6-4-16(5-7-19)22-15-23(22)29-20-10-12-31(13-11-20)21-8-9-21;;/h1-7,14,20-23,29H,8-13,15H2,(H,30,32);2*1H. The van der Waals surface area contributed by atoms with Gasteiger partial charge in [-0.05, 0) is 81.1 Å². The van der Waals surface area contributed by atoms with Gasteiger partial charge in [0.2, 0.25) is 0 Å². The Balaban J connectivity index is 0.00000162. The van der Waals surface area contributed by atoms with Crippen LogP contribution < -0.4 is 10.6 Å². The maximum atomic E-state index is 12.9. The summed E-state index contributed by atoms with van der Waals surface area (Å²) in [6.45, 7) is 2.42. The SMILES string of the molecule is Cl.Cl.O=C(Nc1ccc(C2CC2NC2CCN(C3CC3)CC2)cc1)c1cccc(C(F)(F)F)c1. The van der Waals surface area contributed by atoms with Crippen molar-refractivity contribution in [1.82, 2.24) is 10.2 Å². The summed E-state index contributed by atoms with van der Waals surface area (Å²) in [4.78, 5) is 15.0. The lowest BCUT2D eigenvalue weighted by Crippen LogP contribution is -2.44. The molecule has 0 spiro atoms. The van der Waals surface area contributed by atoms with Gasteiger partial charge in [0.15, 0.2) is 0 Å². The Morgan fingerprint density at radius 2 is 1.62 bits per heavy atom. The number of alkyl halides is 3. The number of anilines is 1. The van der Waals surface area contributed by atoms with Gasteiger partial charge in [0.25, 0.3) is 5.91 Å². The zero-order chi connectivity index (χ0) is 22.3. The number of rotatable bonds is 6. The summed E-state index contributed by atoms with van der Waals surface area (Å²) in [6, 6.07) is 14.1. The average Bonchev–Trinajstić information content (AvgIpc) is 3.70. The number of hydrogen-bond donors (Lipinski definition) is 2. The molecule has 0 aromatic heterocycles. The first kappa shape index (κ1) is 26.8. The first-order valence-corrected chi connectivity index (χ1v) is 11.5. The number of hydrogen-bond acceptors (Lipinski definition) is 3. The van der Waals surface area contributed by atoms with Gasteiger partial charge < -0.3 is 15.5 Å². The van der Waals surface area contributed by atoms with Crippen molar-refractivity contribution in [2.75, 3.05) is 18.4 Å². The zero-order valence-corrected chi connectivity index (χ0v) is 20.3. The van der Waals surface area contributed by atoms with Crippen LogP contribution >= 0.6 is 24.8 Å². The van der Waals surface area contributed by atoms with Crippen molar-refractivity contribution < 1.29 is 18.0 Å². The fraction of sp³-hybridized carbons (Fsp3) is 0.480. The minimum absolute atomic E-state index is 0. The van der Waals surface area contributed by atoms with Crippen LogP contribution in [0.4, 0.5) is 18.9 Å². The third kappa shape index (κ3) is 6.45. The molecule has 1 heterocycles. The van der Waals surface area contributed by atoms with Crippen LogP contribution in [-0.2, 0) is 6.18 Å². The second-order valence-corrected chi connectivity index (χ2v) is 9.31. The molecule has 2 atom stereocenters. The molecule has 1 amide bonds. The molecule has 2 saturated carbocycles. The summed E-state index contributed by atoms with van der Waals surface area (Å²) in [5, 5.41) is 6.51. The molecule has 2 N–H and O–H groups in total. The monoisotopic (exact) mass is 515 g/mol. The van der Waals surface area contributed by atoms with Crippen LogP contribution in [0.5, 0.6) is 0 Å². The summed E-state index contributed by atoms with van der Waals surface area (Å²) in [5.41, 5.74) is 0.970. The molecule has 9 heteroatoms. The molecule has 3 fully saturated rings. The van der Waals surface area contributed by atoms with Crippen molar-refractivity contribution in [3.8, 4) is 0 Å². The van der Waals surface area contributed by atoms with Crippen molar-refractivity contribution in [2.45, 2.75) is 62.3 Å². The van der Waals surface area contributed by atoms with E-state index in [-0.39, 0.29) is 30.4 Å². The molecule has 5 rings (SSSR count). The van der Waals surface area contributed by atoms with Crippen molar-refractivity contribution >= 4 is 36.4 Å². The van der Waals surface area contributed by atoms with Crippen molar-refractivity contribution in [1.29, 1.82) is 0 Å². The average molecular weight is 516 g/mol. The molecule has 1 aliphatic heterocycles. The van der Waals surface area contributed by atoms with Gasteiger partial charge in [-0.15, -0.1) is 24.8 Å². The molecule has 2 aromatic rings. The normalized spacial score (nSPS) is 22.9. The van der Waals surface area contributed by atoms with Gasteiger partial charge >= 0.3 is 6.18 Å². The number of carbonyl (C=O) groups excluding carboxylic acids is 1. The Labute approximate surface area is 210 Å². The number of likely N-dealkylation sites (tertiary alicyclic amines) is 1. The van der Waals surface area contributed by atoms with Crippen molar-refractivity contribution in [3.05, 3.63) is 65.2 Å². The van der Waals surface area contributed by atoms with Crippen LogP contribution in [0, 0.1) is 0 Å². The summed E-state index contributed by atoms with van der Waals surface area (Å²) >= 11 is 0. The van der Waals surface area contributed by atoms with E-state index in [4.69, 9.17) is 0 Å². The van der Waals surface area contributed by atoms with E-state index in [2.05, 4.69) is 15.5 Å². The molecule has 4 nitrogen and oxygen atoms in total. The molecule has 34 heavy (non-hydrogen) atoms. The molecular formula is C25H30Cl2F3N3O. The molecule has 186 valence electrons. The van der Waals surface area contributed by atoms with Gasteiger partial charge in [-0.25, -0.2) is 0 Å². The van der Waals surface area contributed by atoms with Crippen LogP contribution in [0.2, 0.25) is 0 Å². The first-order valence-electron chi connectivity index (χ1n) is 11.5. The maximum absolute atomic E-state index is 12.9. The van der Waals surface area contributed by atoms with Crippen LogP contribution in [0.3, 0.4) is 0 Å². The minimum atomic E-state index is -4.47. The highest BCUT2D eigenvalue weighted by molar-refractivity contribution is 6.04. The molecule has 3 aliphatic rings. The summed E-state index contributed by atoms with van der Waals surface area (Å²) < 4.78 is 38.6. The molecule has 0 bridgehead atoms. The fourth-order valence-corrected chi connectivity index (χ4v) is 4.77. The number of nitrogens with zero attached hydrogens (tertiary/aromatic N) is 1. The lowest BCUT2D eigenvalue weighted by molar-refractivity contribution is -0.137. The Bertz CT molecular complexity index is 974. The summed E-state index contributed by atoms with van der Waals surface area (Å²) in [5.74, 6) is -0.0583. The van der Waals surface area contributed by atoms with E-state index >= 15 is 0 Å².